The molecule has 0 bridgehead atoms. The zero-order valence-corrected chi connectivity index (χ0v) is 22.4. The Morgan fingerprint density at radius 2 is 1.67 bits per heavy atom. The molecule has 1 aromatic heterocycles. The van der Waals surface area contributed by atoms with Crippen LogP contribution in [0.1, 0.15) is 45.2 Å². The summed E-state index contributed by atoms with van der Waals surface area (Å²) in [5, 5.41) is 21.6. The molecular weight excluding hydrogens is 540 g/mol. The second-order valence-electron chi connectivity index (χ2n) is 10.4. The van der Waals surface area contributed by atoms with E-state index in [2.05, 4.69) is 10.3 Å². The zero-order valence-electron chi connectivity index (χ0n) is 22.4. The number of H-pyrrole nitrogens is 1. The Kier molecular flexibility index (Phi) is 6.49. The minimum Gasteiger partial charge on any atom is -0.481 e. The number of carbonyl (C=O) groups is 5. The molecule has 3 atom stereocenters. The Balaban J connectivity index is 1.42. The van der Waals surface area contributed by atoms with E-state index in [0.717, 1.165) is 38.2 Å². The second kappa shape index (κ2) is 10.2. The third-order valence-electron chi connectivity index (χ3n) is 7.81. The number of aliphatic carboxylic acids is 2. The van der Waals surface area contributed by atoms with Crippen molar-refractivity contribution >= 4 is 46.4 Å². The van der Waals surface area contributed by atoms with Gasteiger partial charge in [0.2, 0.25) is 0 Å². The number of imide groups is 1. The van der Waals surface area contributed by atoms with Gasteiger partial charge in [-0.15, -0.1) is 0 Å². The molecule has 4 amide bonds. The topological polar surface area (TPSA) is 160 Å². The van der Waals surface area contributed by atoms with E-state index in [1.54, 1.807) is 6.07 Å². The molecule has 0 saturated carbocycles. The van der Waals surface area contributed by atoms with Gasteiger partial charge in [0.15, 0.2) is 0 Å². The number of benzene rings is 3. The lowest BCUT2D eigenvalue weighted by Gasteiger charge is -2.36. The van der Waals surface area contributed by atoms with E-state index in [1.807, 2.05) is 55.5 Å². The van der Waals surface area contributed by atoms with Crippen LogP contribution in [0.2, 0.25) is 0 Å². The Labute approximate surface area is 239 Å². The van der Waals surface area contributed by atoms with Crippen LogP contribution < -0.4 is 10.2 Å². The van der Waals surface area contributed by atoms with Crippen molar-refractivity contribution in [3.63, 3.8) is 0 Å². The molecule has 11 nitrogen and oxygen atoms in total. The summed E-state index contributed by atoms with van der Waals surface area (Å²) in [4.78, 5) is 70.1. The molecule has 3 heterocycles. The number of carbonyl (C=O) groups excluding carboxylic acids is 3. The van der Waals surface area contributed by atoms with Crippen LogP contribution in [-0.2, 0) is 20.8 Å². The monoisotopic (exact) mass is 566 g/mol. The minimum absolute atomic E-state index is 0.0185. The van der Waals surface area contributed by atoms with Crippen molar-refractivity contribution in [1.82, 2.24) is 15.2 Å². The Hall–Kier alpha value is -5.45. The van der Waals surface area contributed by atoms with Crippen molar-refractivity contribution in [3.8, 4) is 0 Å². The van der Waals surface area contributed by atoms with Gasteiger partial charge in [0.25, 0.3) is 11.8 Å². The Morgan fingerprint density at radius 1 is 0.976 bits per heavy atom. The van der Waals surface area contributed by atoms with Crippen LogP contribution in [0.25, 0.3) is 10.9 Å². The van der Waals surface area contributed by atoms with E-state index in [-0.39, 0.29) is 17.7 Å². The summed E-state index contributed by atoms with van der Waals surface area (Å²) in [5.41, 5.74) is 4.34. The SMILES string of the molecule is Cc1ccc(C2c3[nH]c4ccccc4c3CC3C(=O)N(c4ccccc4C(=O)NC(CC(=O)O)C(=O)O)C(=O)N32)cc1. The van der Waals surface area contributed by atoms with Gasteiger partial charge in [-0.1, -0.05) is 60.2 Å². The first-order valence-corrected chi connectivity index (χ1v) is 13.3. The molecule has 3 unspecified atom stereocenters. The fraction of sp³-hybridized carbons (Fsp3) is 0.194. The summed E-state index contributed by atoms with van der Waals surface area (Å²) in [6.07, 6.45) is -0.582. The van der Waals surface area contributed by atoms with E-state index >= 15 is 0 Å². The fourth-order valence-corrected chi connectivity index (χ4v) is 5.86. The van der Waals surface area contributed by atoms with Gasteiger partial charge in [-0.25, -0.2) is 14.5 Å². The number of fused-ring (bicyclic) bond motifs is 4. The van der Waals surface area contributed by atoms with Crippen LogP contribution in [-0.4, -0.2) is 62.0 Å². The minimum atomic E-state index is -1.70. The van der Waals surface area contributed by atoms with Crippen LogP contribution in [0.3, 0.4) is 0 Å². The van der Waals surface area contributed by atoms with Crippen molar-refractivity contribution < 1.29 is 34.2 Å². The van der Waals surface area contributed by atoms with Gasteiger partial charge in [0, 0.05) is 23.0 Å². The average molecular weight is 567 g/mol. The number of hydrogen-bond acceptors (Lipinski definition) is 5. The summed E-state index contributed by atoms with van der Waals surface area (Å²) in [7, 11) is 0. The van der Waals surface area contributed by atoms with E-state index in [4.69, 9.17) is 5.11 Å². The van der Waals surface area contributed by atoms with Crippen molar-refractivity contribution in [1.29, 1.82) is 0 Å². The van der Waals surface area contributed by atoms with Gasteiger partial charge >= 0.3 is 18.0 Å². The molecule has 4 aromatic rings. The molecular formula is C31H26N4O7. The number of nitrogens with zero attached hydrogens (tertiary/aromatic N) is 2. The standard InChI is InChI=1S/C31H26N4O7/c1-16-10-12-17(13-11-16)27-26-20(18-6-2-4-8-21(18)32-26)14-24-29(39)35(31(42)34(24)27)23-9-5-3-7-19(23)28(38)33-22(30(40)41)15-25(36)37/h2-13,22,24,27,32H,14-15H2,1H3,(H,33,38)(H,36,37)(H,40,41). The predicted octanol–water partition coefficient (Wildman–Crippen LogP) is 3.62. The summed E-state index contributed by atoms with van der Waals surface area (Å²) in [6, 6.07) is 17.6. The molecule has 42 heavy (non-hydrogen) atoms. The van der Waals surface area contributed by atoms with Crippen molar-refractivity contribution in [3.05, 3.63) is 101 Å². The molecule has 1 saturated heterocycles. The lowest BCUT2D eigenvalue weighted by molar-refractivity contribution is -0.145. The lowest BCUT2D eigenvalue weighted by Crippen LogP contribution is -2.44. The number of hydrogen-bond donors (Lipinski definition) is 4. The highest BCUT2D eigenvalue weighted by atomic mass is 16.4. The zero-order chi connectivity index (χ0) is 29.7. The number of aromatic amines is 1. The quantitative estimate of drug-likeness (QED) is 0.249. The van der Waals surface area contributed by atoms with E-state index in [1.165, 1.54) is 23.1 Å². The highest BCUT2D eigenvalue weighted by Crippen LogP contribution is 2.45. The number of aromatic nitrogens is 1. The van der Waals surface area contributed by atoms with Crippen LogP contribution in [0.15, 0.2) is 72.8 Å². The van der Waals surface area contributed by atoms with Crippen LogP contribution >= 0.6 is 0 Å². The maximum Gasteiger partial charge on any atom is 0.332 e. The largest absolute Gasteiger partial charge is 0.481 e. The number of urea groups is 1. The first-order valence-electron chi connectivity index (χ1n) is 13.3. The first kappa shape index (κ1) is 26.8. The summed E-state index contributed by atoms with van der Waals surface area (Å²) >= 11 is 0. The molecule has 212 valence electrons. The molecule has 1 fully saturated rings. The molecule has 4 N–H and O–H groups in total. The summed E-state index contributed by atoms with van der Waals surface area (Å²) < 4.78 is 0. The van der Waals surface area contributed by atoms with Gasteiger partial charge in [-0.05, 0) is 36.2 Å². The van der Waals surface area contributed by atoms with Gasteiger partial charge < -0.3 is 20.5 Å². The maximum absolute atomic E-state index is 14.2. The van der Waals surface area contributed by atoms with Crippen LogP contribution in [0, 0.1) is 6.92 Å². The fourth-order valence-electron chi connectivity index (χ4n) is 5.86. The Morgan fingerprint density at radius 3 is 2.38 bits per heavy atom. The lowest BCUT2D eigenvalue weighted by atomic mass is 9.88. The molecule has 6 rings (SSSR count). The van der Waals surface area contributed by atoms with E-state index in [9.17, 15) is 29.1 Å². The normalized spacial score (nSPS) is 18.5. The van der Waals surface area contributed by atoms with Crippen LogP contribution in [0.5, 0.6) is 0 Å². The number of amides is 4. The smallest absolute Gasteiger partial charge is 0.332 e. The van der Waals surface area contributed by atoms with Gasteiger partial charge in [-0.3, -0.25) is 19.3 Å². The first-order chi connectivity index (χ1) is 20.2. The maximum atomic E-state index is 14.2. The van der Waals surface area contributed by atoms with Gasteiger partial charge in [0.1, 0.15) is 18.1 Å². The number of nitrogens with one attached hydrogen (secondary N) is 2. The Bertz CT molecular complexity index is 1780. The molecule has 3 aromatic carbocycles. The summed E-state index contributed by atoms with van der Waals surface area (Å²) in [5.74, 6) is -4.37. The second-order valence-corrected chi connectivity index (χ2v) is 10.4. The highest BCUT2D eigenvalue weighted by Gasteiger charge is 2.53. The number of para-hydroxylation sites is 2. The molecule has 2 aliphatic rings. The van der Waals surface area contributed by atoms with Crippen LogP contribution in [0.4, 0.5) is 10.5 Å². The number of anilines is 1. The molecule has 2 aliphatic heterocycles. The summed E-state index contributed by atoms with van der Waals surface area (Å²) in [6.45, 7) is 1.96. The third-order valence-corrected chi connectivity index (χ3v) is 7.81. The van der Waals surface area contributed by atoms with Gasteiger partial charge in [-0.2, -0.15) is 0 Å². The predicted molar refractivity (Wildman–Crippen MR) is 151 cm³/mol. The number of carboxylic acids is 2. The van der Waals surface area contributed by atoms with Crippen molar-refractivity contribution in [2.75, 3.05) is 4.90 Å². The molecule has 0 spiro atoms. The number of aryl methyl sites for hydroxylation is 1. The third kappa shape index (κ3) is 4.35. The van der Waals surface area contributed by atoms with Crippen molar-refractivity contribution in [2.45, 2.75) is 37.9 Å². The average Bonchev–Trinajstić information content (AvgIpc) is 3.46. The number of rotatable bonds is 7. The number of carboxylic acid groups (broad SMARTS) is 2. The van der Waals surface area contributed by atoms with E-state index < -0.39 is 54.3 Å². The molecule has 11 heteroatoms. The van der Waals surface area contributed by atoms with Gasteiger partial charge in [0.05, 0.1) is 17.7 Å². The van der Waals surface area contributed by atoms with Crippen molar-refractivity contribution in [2.24, 2.45) is 0 Å². The molecule has 0 radical (unpaired) electrons. The molecule has 0 aliphatic carbocycles. The highest BCUT2D eigenvalue weighted by molar-refractivity contribution is 6.24. The van der Waals surface area contributed by atoms with E-state index in [0.29, 0.717) is 0 Å².